The second-order valence-electron chi connectivity index (χ2n) is 3.23. The highest BCUT2D eigenvalue weighted by molar-refractivity contribution is 7.72. The van der Waals surface area contributed by atoms with Crippen molar-refractivity contribution in [3.63, 3.8) is 0 Å². The lowest BCUT2D eigenvalue weighted by Crippen LogP contribution is -2.32. The minimum absolute atomic E-state index is 0.276. The summed E-state index contributed by atoms with van der Waals surface area (Å²) in [6.45, 7) is 2.82. The number of hydrogen-bond donors (Lipinski definition) is 1. The minimum Gasteiger partial charge on any atom is -0.315 e. The van der Waals surface area contributed by atoms with Gasteiger partial charge in [-0.3, -0.25) is 9.78 Å². The fraction of sp³-hybridized carbons (Fsp3) is 0.333. The number of carbonyl (C=O) groups is 1. The molecule has 0 aliphatic carbocycles. The van der Waals surface area contributed by atoms with Crippen LogP contribution in [0.25, 0.3) is 0 Å². The van der Waals surface area contributed by atoms with Gasteiger partial charge in [0.05, 0.1) is 0 Å². The Bertz CT molecular complexity index is 378. The average Bonchev–Trinajstić information content (AvgIpc) is 2.18. The molecule has 0 aliphatic heterocycles. The molecule has 0 aromatic carbocycles. The Kier molecular flexibility index (Phi) is 3.19. The van der Waals surface area contributed by atoms with Crippen LogP contribution in [0.5, 0.6) is 0 Å². The summed E-state index contributed by atoms with van der Waals surface area (Å²) in [5, 5.41) is 0. The highest BCUT2D eigenvalue weighted by atomic mass is 31.2. The van der Waals surface area contributed by atoms with Crippen LogP contribution in [0.3, 0.4) is 0 Å². The van der Waals surface area contributed by atoms with Crippen molar-refractivity contribution >= 4 is 18.4 Å². The lowest BCUT2D eigenvalue weighted by Gasteiger charge is -2.17. The van der Waals surface area contributed by atoms with Crippen molar-refractivity contribution in [1.29, 1.82) is 0 Å². The largest absolute Gasteiger partial charge is 0.315 e. The third kappa shape index (κ3) is 2.08. The second-order valence-corrected chi connectivity index (χ2v) is 6.23. The molecule has 2 atom stereocenters. The van der Waals surface area contributed by atoms with Gasteiger partial charge >= 0.3 is 0 Å². The quantitative estimate of drug-likeness (QED) is 0.743. The number of hydrogen-bond acceptors (Lipinski definition) is 4. The molecular formula is C9H13N2O2P. The van der Waals surface area contributed by atoms with Gasteiger partial charge in [0.25, 0.3) is 0 Å². The Morgan fingerprint density at radius 1 is 1.57 bits per heavy atom. The molecule has 1 heterocycles. The zero-order chi connectivity index (χ0) is 10.8. The Morgan fingerprint density at radius 3 is 2.64 bits per heavy atom. The van der Waals surface area contributed by atoms with Gasteiger partial charge in [-0.2, -0.15) is 0 Å². The fourth-order valence-corrected chi connectivity index (χ4v) is 2.76. The van der Waals surface area contributed by atoms with Crippen LogP contribution in [-0.4, -0.2) is 23.2 Å². The van der Waals surface area contributed by atoms with Gasteiger partial charge in [0, 0.05) is 6.20 Å². The summed E-state index contributed by atoms with van der Waals surface area (Å²) < 4.78 is 12.1. The van der Waals surface area contributed by atoms with Crippen LogP contribution in [0.15, 0.2) is 24.4 Å². The standard InChI is InChI=1S/C9H13N2O2P/c1-7(12)9(10)14(2,13)8-5-3-4-6-11-8/h3-6,9H,10H2,1-2H3. The maximum absolute atomic E-state index is 12.1. The summed E-state index contributed by atoms with van der Waals surface area (Å²) in [6.07, 6.45) is 1.54. The molecule has 0 saturated heterocycles. The molecule has 5 heteroatoms. The number of carbonyl (C=O) groups excluding carboxylic acids is 1. The molecular weight excluding hydrogens is 199 g/mol. The fourth-order valence-electron chi connectivity index (χ4n) is 1.11. The van der Waals surface area contributed by atoms with Crippen LogP contribution < -0.4 is 11.2 Å². The number of rotatable bonds is 3. The maximum Gasteiger partial charge on any atom is 0.154 e. The van der Waals surface area contributed by atoms with E-state index in [-0.39, 0.29) is 5.78 Å². The van der Waals surface area contributed by atoms with Crippen molar-refractivity contribution in [2.75, 3.05) is 6.66 Å². The molecule has 0 saturated carbocycles. The van der Waals surface area contributed by atoms with E-state index < -0.39 is 12.9 Å². The number of nitrogens with two attached hydrogens (primary N) is 1. The van der Waals surface area contributed by atoms with Crippen molar-refractivity contribution in [1.82, 2.24) is 4.98 Å². The predicted molar refractivity (Wildman–Crippen MR) is 56.1 cm³/mol. The molecule has 76 valence electrons. The molecule has 0 radical (unpaired) electrons. The normalized spacial score (nSPS) is 17.1. The summed E-state index contributed by atoms with van der Waals surface area (Å²) in [7, 11) is -2.87. The van der Waals surface area contributed by atoms with Crippen molar-refractivity contribution in [3.05, 3.63) is 24.4 Å². The van der Waals surface area contributed by atoms with Gasteiger partial charge in [0.2, 0.25) is 0 Å². The van der Waals surface area contributed by atoms with E-state index in [0.717, 1.165) is 0 Å². The average molecular weight is 212 g/mol. The summed E-state index contributed by atoms with van der Waals surface area (Å²) in [4.78, 5) is 15.0. The zero-order valence-corrected chi connectivity index (χ0v) is 9.07. The van der Waals surface area contributed by atoms with Crippen molar-refractivity contribution < 1.29 is 9.36 Å². The first kappa shape index (κ1) is 11.1. The molecule has 2 N–H and O–H groups in total. The van der Waals surface area contributed by atoms with Crippen LogP contribution in [0.1, 0.15) is 6.92 Å². The monoisotopic (exact) mass is 212 g/mol. The zero-order valence-electron chi connectivity index (χ0n) is 8.18. The molecule has 1 aromatic rings. The molecule has 0 aliphatic rings. The van der Waals surface area contributed by atoms with Gasteiger partial charge < -0.3 is 10.3 Å². The summed E-state index contributed by atoms with van der Waals surface area (Å²) in [6, 6.07) is 5.08. The number of pyridine rings is 1. The predicted octanol–water partition coefficient (Wildman–Crippen LogP) is 0.574. The van der Waals surface area contributed by atoms with E-state index in [9.17, 15) is 9.36 Å². The van der Waals surface area contributed by atoms with Crippen molar-refractivity contribution in [3.8, 4) is 0 Å². The number of aromatic nitrogens is 1. The number of nitrogens with zero attached hydrogens (tertiary/aromatic N) is 1. The second kappa shape index (κ2) is 4.03. The Balaban J connectivity index is 3.09. The lowest BCUT2D eigenvalue weighted by molar-refractivity contribution is -0.116. The lowest BCUT2D eigenvalue weighted by atomic mass is 10.5. The van der Waals surface area contributed by atoms with E-state index in [1.807, 2.05) is 0 Å². The smallest absolute Gasteiger partial charge is 0.154 e. The Morgan fingerprint density at radius 2 is 2.21 bits per heavy atom. The topological polar surface area (TPSA) is 73.1 Å². The molecule has 1 rings (SSSR count). The van der Waals surface area contributed by atoms with E-state index >= 15 is 0 Å². The first-order valence-electron chi connectivity index (χ1n) is 4.21. The molecule has 4 nitrogen and oxygen atoms in total. The van der Waals surface area contributed by atoms with Gasteiger partial charge in [0.15, 0.2) is 12.9 Å². The van der Waals surface area contributed by atoms with Crippen molar-refractivity contribution in [2.24, 2.45) is 5.73 Å². The minimum atomic E-state index is -2.87. The summed E-state index contributed by atoms with van der Waals surface area (Å²) in [5.74, 6) is -1.22. The Labute approximate surface area is 82.9 Å². The van der Waals surface area contributed by atoms with Crippen LogP contribution in [-0.2, 0) is 9.36 Å². The molecule has 1 aromatic heterocycles. The van der Waals surface area contributed by atoms with Gasteiger partial charge in [-0.25, -0.2) is 0 Å². The van der Waals surface area contributed by atoms with E-state index in [4.69, 9.17) is 5.73 Å². The number of ketones is 1. The highest BCUT2D eigenvalue weighted by Crippen LogP contribution is 2.42. The van der Waals surface area contributed by atoms with Gasteiger partial charge in [0.1, 0.15) is 11.2 Å². The van der Waals surface area contributed by atoms with Crippen LogP contribution >= 0.6 is 7.14 Å². The first-order valence-corrected chi connectivity index (χ1v) is 6.43. The van der Waals surface area contributed by atoms with Crippen molar-refractivity contribution in [2.45, 2.75) is 12.7 Å². The molecule has 0 spiro atoms. The van der Waals surface area contributed by atoms with E-state index in [0.29, 0.717) is 5.44 Å². The summed E-state index contributed by atoms with van der Waals surface area (Å²) >= 11 is 0. The molecule has 0 amide bonds. The van der Waals surface area contributed by atoms with Gasteiger partial charge in [-0.15, -0.1) is 0 Å². The Hall–Kier alpha value is -0.990. The third-order valence-electron chi connectivity index (χ3n) is 2.05. The molecule has 0 bridgehead atoms. The number of Topliss-reactive ketones (excluding diaryl/α,β-unsaturated/α-hetero) is 1. The maximum atomic E-state index is 12.1. The highest BCUT2D eigenvalue weighted by Gasteiger charge is 2.31. The molecule has 0 fully saturated rings. The van der Waals surface area contributed by atoms with Crippen LogP contribution in [0.2, 0.25) is 0 Å². The van der Waals surface area contributed by atoms with Gasteiger partial charge in [-0.05, 0) is 25.7 Å². The van der Waals surface area contributed by atoms with Gasteiger partial charge in [-0.1, -0.05) is 6.07 Å². The first-order chi connectivity index (χ1) is 6.46. The summed E-state index contributed by atoms with van der Waals surface area (Å²) in [5.41, 5.74) is 5.98. The van der Waals surface area contributed by atoms with Crippen LogP contribution in [0.4, 0.5) is 0 Å². The molecule has 14 heavy (non-hydrogen) atoms. The van der Waals surface area contributed by atoms with E-state index in [1.54, 1.807) is 24.4 Å². The molecule has 2 unspecified atom stereocenters. The SMILES string of the molecule is CC(=O)C(N)P(C)(=O)c1ccccn1. The van der Waals surface area contributed by atoms with E-state index in [1.165, 1.54) is 13.6 Å². The third-order valence-corrected chi connectivity index (χ3v) is 4.65. The van der Waals surface area contributed by atoms with E-state index in [2.05, 4.69) is 4.98 Å². The van der Waals surface area contributed by atoms with Crippen LogP contribution in [0, 0.1) is 0 Å².